The van der Waals surface area contributed by atoms with Gasteiger partial charge in [-0.25, -0.2) is 4.79 Å². The number of carbonyl (C=O) groups is 2. The number of rotatable bonds is 4. The van der Waals surface area contributed by atoms with Gasteiger partial charge in [-0.3, -0.25) is 4.79 Å². The Hall–Kier alpha value is -3.22. The van der Waals surface area contributed by atoms with Crippen molar-refractivity contribution < 1.29 is 24.2 Å². The van der Waals surface area contributed by atoms with Gasteiger partial charge < -0.3 is 24.4 Å². The number of hydrogen-bond donors (Lipinski definition) is 1. The number of amides is 2. The molecule has 1 aromatic carbocycles. The van der Waals surface area contributed by atoms with Crippen molar-refractivity contribution in [1.29, 1.82) is 0 Å². The number of phenols is 1. The molecular weight excluding hydrogens is 468 g/mol. The number of piperidine rings is 1. The summed E-state index contributed by atoms with van der Waals surface area (Å²) in [5, 5.41) is 10.2. The van der Waals surface area contributed by atoms with Crippen LogP contribution < -0.4 is 4.74 Å². The summed E-state index contributed by atoms with van der Waals surface area (Å²) >= 11 is 0. The first-order chi connectivity index (χ1) is 17.4. The second kappa shape index (κ2) is 9.92. The number of allylic oxidation sites excluding steroid dienone is 4. The van der Waals surface area contributed by atoms with Gasteiger partial charge >= 0.3 is 6.09 Å². The number of aromatic hydroxyl groups is 1. The first-order valence-corrected chi connectivity index (χ1v) is 13.3. The molecule has 1 spiro atoms. The lowest BCUT2D eigenvalue weighted by Crippen LogP contribution is -2.50. The maximum atomic E-state index is 13.2. The van der Waals surface area contributed by atoms with Crippen molar-refractivity contribution in [3.8, 4) is 11.5 Å². The third kappa shape index (κ3) is 5.55. The van der Waals surface area contributed by atoms with Gasteiger partial charge in [0.15, 0.2) is 0 Å². The van der Waals surface area contributed by atoms with Gasteiger partial charge in [-0.15, -0.1) is 0 Å². The predicted octanol–water partition coefficient (Wildman–Crippen LogP) is 5.70. The first-order valence-electron chi connectivity index (χ1n) is 13.3. The van der Waals surface area contributed by atoms with Gasteiger partial charge in [0.25, 0.3) is 0 Å². The van der Waals surface area contributed by atoms with Crippen LogP contribution in [0.25, 0.3) is 5.57 Å². The summed E-state index contributed by atoms with van der Waals surface area (Å²) in [5.74, 6) is 0.915. The fraction of sp³-hybridized carbons (Fsp3) is 0.533. The van der Waals surface area contributed by atoms with E-state index in [4.69, 9.17) is 9.47 Å². The van der Waals surface area contributed by atoms with Crippen LogP contribution in [0.4, 0.5) is 4.79 Å². The van der Waals surface area contributed by atoms with E-state index in [0.29, 0.717) is 51.2 Å². The van der Waals surface area contributed by atoms with Gasteiger partial charge in [-0.05, 0) is 77.3 Å². The van der Waals surface area contributed by atoms with E-state index in [9.17, 15) is 14.7 Å². The van der Waals surface area contributed by atoms with E-state index in [1.807, 2.05) is 64.7 Å². The van der Waals surface area contributed by atoms with Crippen molar-refractivity contribution in [2.24, 2.45) is 5.41 Å². The normalized spacial score (nSPS) is 22.5. The van der Waals surface area contributed by atoms with Crippen molar-refractivity contribution in [1.82, 2.24) is 9.80 Å². The summed E-state index contributed by atoms with van der Waals surface area (Å²) in [6.07, 6.45) is 9.90. The number of fused-ring (bicyclic) bond motifs is 1. The molecule has 200 valence electrons. The van der Waals surface area contributed by atoms with Crippen LogP contribution in [-0.2, 0) is 9.53 Å². The zero-order valence-electron chi connectivity index (χ0n) is 23.0. The summed E-state index contributed by atoms with van der Waals surface area (Å²) in [5.41, 5.74) is 1.26. The zero-order valence-corrected chi connectivity index (χ0v) is 23.0. The highest BCUT2D eigenvalue weighted by Gasteiger charge is 2.42. The lowest BCUT2D eigenvalue weighted by molar-refractivity contribution is -0.138. The Bertz CT molecular complexity index is 1150. The maximum Gasteiger partial charge on any atom is 0.410 e. The number of carbonyl (C=O) groups excluding carboxylic acids is 2. The molecule has 0 radical (unpaired) electrons. The van der Waals surface area contributed by atoms with E-state index in [2.05, 4.69) is 12.2 Å². The van der Waals surface area contributed by atoms with E-state index in [1.54, 1.807) is 17.0 Å². The maximum absolute atomic E-state index is 13.2. The van der Waals surface area contributed by atoms with Crippen LogP contribution in [-0.4, -0.2) is 64.3 Å². The molecule has 3 aliphatic rings. The average molecular weight is 509 g/mol. The largest absolute Gasteiger partial charge is 0.508 e. The molecule has 1 saturated heterocycles. The van der Waals surface area contributed by atoms with Gasteiger partial charge in [-0.2, -0.15) is 0 Å². The van der Waals surface area contributed by atoms with Crippen LogP contribution in [0.2, 0.25) is 0 Å². The van der Waals surface area contributed by atoms with Crippen LogP contribution in [0.1, 0.15) is 66.4 Å². The Labute approximate surface area is 220 Å². The number of nitrogens with zero attached hydrogens (tertiary/aromatic N) is 2. The van der Waals surface area contributed by atoms with Crippen molar-refractivity contribution in [2.75, 3.05) is 26.2 Å². The molecule has 2 amide bonds. The molecule has 1 aliphatic carbocycles. The van der Waals surface area contributed by atoms with Gasteiger partial charge in [0.05, 0.1) is 5.41 Å². The summed E-state index contributed by atoms with van der Waals surface area (Å²) in [7, 11) is 0. The highest BCUT2D eigenvalue weighted by molar-refractivity contribution is 5.90. The van der Waals surface area contributed by atoms with Crippen LogP contribution in [0, 0.1) is 5.41 Å². The number of likely N-dealkylation sites (tertiary alicyclic amines) is 1. The molecule has 4 rings (SSSR count). The quantitative estimate of drug-likeness (QED) is 0.565. The molecule has 0 aromatic heterocycles. The topological polar surface area (TPSA) is 79.3 Å². The molecule has 0 saturated carbocycles. The van der Waals surface area contributed by atoms with Crippen molar-refractivity contribution in [3.63, 3.8) is 0 Å². The predicted molar refractivity (Wildman–Crippen MR) is 144 cm³/mol. The van der Waals surface area contributed by atoms with Gasteiger partial charge in [0.1, 0.15) is 22.7 Å². The van der Waals surface area contributed by atoms with Crippen molar-refractivity contribution >= 4 is 17.6 Å². The molecule has 7 nitrogen and oxygen atoms in total. The molecule has 1 atom stereocenters. The molecule has 2 heterocycles. The highest BCUT2D eigenvalue weighted by Crippen LogP contribution is 2.46. The molecule has 0 bridgehead atoms. The van der Waals surface area contributed by atoms with Crippen LogP contribution in [0.15, 0.2) is 48.1 Å². The van der Waals surface area contributed by atoms with Gasteiger partial charge in [0, 0.05) is 50.7 Å². The monoisotopic (exact) mass is 508 g/mol. The van der Waals surface area contributed by atoms with Crippen LogP contribution in [0.5, 0.6) is 11.5 Å². The van der Waals surface area contributed by atoms with E-state index in [-0.39, 0.29) is 17.7 Å². The lowest BCUT2D eigenvalue weighted by Gasteiger charge is -2.43. The first kappa shape index (κ1) is 26.8. The summed E-state index contributed by atoms with van der Waals surface area (Å²) in [6, 6.07) is 5.20. The van der Waals surface area contributed by atoms with Crippen molar-refractivity contribution in [3.05, 3.63) is 53.6 Å². The summed E-state index contributed by atoms with van der Waals surface area (Å²) in [4.78, 5) is 29.4. The number of benzene rings is 1. The van der Waals surface area contributed by atoms with Gasteiger partial charge in [-0.1, -0.05) is 18.2 Å². The van der Waals surface area contributed by atoms with Crippen LogP contribution >= 0.6 is 0 Å². The summed E-state index contributed by atoms with van der Waals surface area (Å²) in [6.45, 7) is 14.0. The fourth-order valence-corrected chi connectivity index (χ4v) is 5.25. The molecule has 1 fully saturated rings. The van der Waals surface area contributed by atoms with E-state index in [0.717, 1.165) is 16.7 Å². The molecule has 1 aromatic rings. The number of phenolic OH excluding ortho intramolecular Hbond substituents is 1. The third-order valence-corrected chi connectivity index (χ3v) is 7.46. The molecule has 1 N–H and O–H groups in total. The number of ether oxygens (including phenoxy) is 2. The lowest BCUT2D eigenvalue weighted by atomic mass is 9.76. The average Bonchev–Trinajstić information content (AvgIpc) is 2.84. The molecule has 7 heteroatoms. The van der Waals surface area contributed by atoms with Crippen molar-refractivity contribution in [2.45, 2.75) is 72.0 Å². The molecule has 2 aliphatic heterocycles. The Morgan fingerprint density at radius 2 is 1.84 bits per heavy atom. The van der Waals surface area contributed by atoms with Crippen LogP contribution in [0.3, 0.4) is 0 Å². The fourth-order valence-electron chi connectivity index (χ4n) is 5.25. The molecule has 37 heavy (non-hydrogen) atoms. The highest BCUT2D eigenvalue weighted by atomic mass is 16.6. The standard InChI is InChI=1S/C30H40N2O5/c1-7-31(8-2)26(34)29(6)13-11-21(12-14-29)24-20-30(36-25-19-22(33)9-10-23(24)25)15-17-32(18-16-30)27(35)37-28(3,4)5/h9-13,19-20,33H,7-8,14-18H2,1-6H3. The third-order valence-electron chi connectivity index (χ3n) is 7.46. The smallest absolute Gasteiger partial charge is 0.410 e. The molecule has 1 unspecified atom stereocenters. The Balaban J connectivity index is 1.60. The second-order valence-corrected chi connectivity index (χ2v) is 11.5. The van der Waals surface area contributed by atoms with E-state index >= 15 is 0 Å². The Kier molecular flexibility index (Phi) is 7.19. The van der Waals surface area contributed by atoms with E-state index < -0.39 is 16.6 Å². The zero-order chi connectivity index (χ0) is 27.0. The Morgan fingerprint density at radius 1 is 1.16 bits per heavy atom. The Morgan fingerprint density at radius 3 is 2.41 bits per heavy atom. The SMILES string of the molecule is CCN(CC)C(=O)C1(C)C=CC(C2=CC3(CCN(C(=O)OC(C)(C)C)CC3)Oc3cc(O)ccc32)=CC1. The summed E-state index contributed by atoms with van der Waals surface area (Å²) < 4.78 is 12.1. The minimum Gasteiger partial charge on any atom is -0.508 e. The van der Waals surface area contributed by atoms with Gasteiger partial charge in [0.2, 0.25) is 5.91 Å². The second-order valence-electron chi connectivity index (χ2n) is 11.5. The minimum atomic E-state index is -0.596. The molecular formula is C30H40N2O5. The number of hydrogen-bond acceptors (Lipinski definition) is 5. The van der Waals surface area contributed by atoms with E-state index in [1.165, 1.54) is 0 Å². The minimum absolute atomic E-state index is 0.140.